The van der Waals surface area contributed by atoms with Crippen molar-refractivity contribution in [3.05, 3.63) is 65.3 Å². The van der Waals surface area contributed by atoms with E-state index in [0.717, 1.165) is 21.0 Å². The van der Waals surface area contributed by atoms with Gasteiger partial charge in [0.05, 0.1) is 0 Å². The molecule has 3 heteroatoms. The molecule has 0 fully saturated rings. The van der Waals surface area contributed by atoms with Crippen LogP contribution in [-0.4, -0.2) is 4.98 Å². The van der Waals surface area contributed by atoms with Crippen molar-refractivity contribution in [1.82, 2.24) is 4.98 Å². The van der Waals surface area contributed by atoms with E-state index < -0.39 is 0 Å². The molecule has 0 N–H and O–H groups in total. The second kappa shape index (κ2) is 4.78. The number of hydrogen-bond acceptors (Lipinski definition) is 2. The molecule has 0 bridgehead atoms. The van der Waals surface area contributed by atoms with E-state index in [2.05, 4.69) is 27.0 Å². The van der Waals surface area contributed by atoms with E-state index in [1.165, 1.54) is 0 Å². The first-order chi connectivity index (χ1) is 8.83. The average Bonchev–Trinajstić information content (AvgIpc) is 2.40. The second-order valence-electron chi connectivity index (χ2n) is 3.90. The summed E-state index contributed by atoms with van der Waals surface area (Å²) in [5.41, 5.74) is 0. The molecule has 88 valence electrons. The van der Waals surface area contributed by atoms with Crippen molar-refractivity contribution >= 4 is 26.7 Å². The minimum Gasteiger partial charge on any atom is -0.438 e. The van der Waals surface area contributed by atoms with Gasteiger partial charge in [-0.15, -0.1) is 0 Å². The van der Waals surface area contributed by atoms with E-state index in [0.29, 0.717) is 5.88 Å². The Bertz CT molecular complexity index is 682. The van der Waals surface area contributed by atoms with Gasteiger partial charge < -0.3 is 4.74 Å². The quantitative estimate of drug-likeness (QED) is 0.679. The Morgan fingerprint density at radius 3 is 2.61 bits per heavy atom. The molecule has 0 aliphatic rings. The number of para-hydroxylation sites is 1. The molecule has 3 aromatic rings. The third-order valence-corrected chi connectivity index (χ3v) is 3.14. The van der Waals surface area contributed by atoms with Gasteiger partial charge in [0.1, 0.15) is 5.75 Å². The average molecular weight is 300 g/mol. The number of halogens is 1. The third-order valence-electron chi connectivity index (χ3n) is 2.65. The number of nitrogens with zero attached hydrogens (tertiary/aromatic N) is 1. The Morgan fingerprint density at radius 2 is 1.78 bits per heavy atom. The van der Waals surface area contributed by atoms with Crippen LogP contribution in [0.25, 0.3) is 10.8 Å². The lowest BCUT2D eigenvalue weighted by molar-refractivity contribution is 0.469. The predicted molar refractivity (Wildman–Crippen MR) is 76.0 cm³/mol. The van der Waals surface area contributed by atoms with Crippen molar-refractivity contribution in [1.29, 1.82) is 0 Å². The number of benzene rings is 2. The topological polar surface area (TPSA) is 22.1 Å². The summed E-state index contributed by atoms with van der Waals surface area (Å²) < 4.78 is 6.85. The Kier molecular flexibility index (Phi) is 2.99. The maximum absolute atomic E-state index is 5.81. The number of ether oxygens (including phenoxy) is 1. The largest absolute Gasteiger partial charge is 0.438 e. The van der Waals surface area contributed by atoms with Gasteiger partial charge in [-0.1, -0.05) is 34.1 Å². The normalized spacial score (nSPS) is 10.5. The molecule has 3 rings (SSSR count). The molecule has 0 aliphatic heterocycles. The molecule has 0 unspecified atom stereocenters. The first-order valence-corrected chi connectivity index (χ1v) is 6.39. The zero-order valence-electron chi connectivity index (χ0n) is 9.51. The van der Waals surface area contributed by atoms with Gasteiger partial charge in [-0.25, -0.2) is 4.98 Å². The van der Waals surface area contributed by atoms with Crippen LogP contribution in [0.3, 0.4) is 0 Å². The molecular weight excluding hydrogens is 290 g/mol. The van der Waals surface area contributed by atoms with Crippen molar-refractivity contribution in [3.63, 3.8) is 0 Å². The van der Waals surface area contributed by atoms with E-state index in [9.17, 15) is 0 Å². The van der Waals surface area contributed by atoms with Crippen LogP contribution < -0.4 is 4.74 Å². The molecule has 1 aromatic heterocycles. The zero-order valence-corrected chi connectivity index (χ0v) is 11.1. The first kappa shape index (κ1) is 11.2. The van der Waals surface area contributed by atoms with Gasteiger partial charge in [0.2, 0.25) is 5.88 Å². The number of rotatable bonds is 2. The maximum atomic E-state index is 5.81. The molecule has 0 radical (unpaired) electrons. The van der Waals surface area contributed by atoms with E-state index >= 15 is 0 Å². The van der Waals surface area contributed by atoms with Gasteiger partial charge in [-0.05, 0) is 41.8 Å². The molecule has 0 spiro atoms. The van der Waals surface area contributed by atoms with Crippen LogP contribution in [-0.2, 0) is 0 Å². The van der Waals surface area contributed by atoms with Gasteiger partial charge in [-0.2, -0.15) is 0 Å². The van der Waals surface area contributed by atoms with Crippen molar-refractivity contribution in [2.75, 3.05) is 0 Å². The molecule has 0 aliphatic carbocycles. The van der Waals surface area contributed by atoms with Crippen molar-refractivity contribution < 1.29 is 4.74 Å². The lowest BCUT2D eigenvalue weighted by Gasteiger charge is -2.07. The highest BCUT2D eigenvalue weighted by Gasteiger charge is 2.04. The molecule has 18 heavy (non-hydrogen) atoms. The molecular formula is C15H10BrNO. The summed E-state index contributed by atoms with van der Waals surface area (Å²) >= 11 is 3.46. The fraction of sp³-hybridized carbons (Fsp3) is 0. The zero-order chi connectivity index (χ0) is 12.4. The fourth-order valence-electron chi connectivity index (χ4n) is 1.80. The second-order valence-corrected chi connectivity index (χ2v) is 4.81. The van der Waals surface area contributed by atoms with Gasteiger partial charge >= 0.3 is 0 Å². The Hall–Kier alpha value is -1.87. The lowest BCUT2D eigenvalue weighted by atomic mass is 10.2. The molecule has 2 nitrogen and oxygen atoms in total. The summed E-state index contributed by atoms with van der Waals surface area (Å²) in [5.74, 6) is 1.42. The molecule has 0 saturated heterocycles. The van der Waals surface area contributed by atoms with Crippen LogP contribution in [0.1, 0.15) is 0 Å². The van der Waals surface area contributed by atoms with E-state index in [1.807, 2.05) is 48.5 Å². The molecule has 0 saturated carbocycles. The van der Waals surface area contributed by atoms with E-state index in [4.69, 9.17) is 4.74 Å². The van der Waals surface area contributed by atoms with Crippen LogP contribution in [0.5, 0.6) is 11.6 Å². The number of fused-ring (bicyclic) bond motifs is 1. The van der Waals surface area contributed by atoms with Crippen LogP contribution in [0.2, 0.25) is 0 Å². The Balaban J connectivity index is 2.07. The predicted octanol–water partition coefficient (Wildman–Crippen LogP) is 4.79. The summed E-state index contributed by atoms with van der Waals surface area (Å²) in [6, 6.07) is 17.7. The summed E-state index contributed by atoms with van der Waals surface area (Å²) in [4.78, 5) is 4.29. The Labute approximate surface area is 113 Å². The standard InChI is InChI=1S/C15H10BrNO/c16-12-6-7-14-11(10-12)8-9-17-15(14)18-13-4-2-1-3-5-13/h1-10H. The summed E-state index contributed by atoms with van der Waals surface area (Å²) in [6.45, 7) is 0. The third kappa shape index (κ3) is 2.22. The minimum atomic E-state index is 0.631. The highest BCUT2D eigenvalue weighted by Crippen LogP contribution is 2.29. The van der Waals surface area contributed by atoms with Gasteiger partial charge in [-0.3, -0.25) is 0 Å². The smallest absolute Gasteiger partial charge is 0.227 e. The molecule has 2 aromatic carbocycles. The number of hydrogen-bond donors (Lipinski definition) is 0. The monoisotopic (exact) mass is 299 g/mol. The fourth-order valence-corrected chi connectivity index (χ4v) is 2.18. The number of pyridine rings is 1. The van der Waals surface area contributed by atoms with Gasteiger partial charge in [0, 0.05) is 16.1 Å². The molecule has 1 heterocycles. The first-order valence-electron chi connectivity index (χ1n) is 5.60. The SMILES string of the molecule is Brc1ccc2c(Oc3ccccc3)nccc2c1. The Morgan fingerprint density at radius 1 is 0.944 bits per heavy atom. The lowest BCUT2D eigenvalue weighted by Crippen LogP contribution is -1.88. The molecule has 0 amide bonds. The summed E-state index contributed by atoms with van der Waals surface area (Å²) in [6.07, 6.45) is 1.76. The van der Waals surface area contributed by atoms with Gasteiger partial charge in [0.15, 0.2) is 0 Å². The maximum Gasteiger partial charge on any atom is 0.227 e. The minimum absolute atomic E-state index is 0.631. The van der Waals surface area contributed by atoms with Crippen LogP contribution in [0.4, 0.5) is 0 Å². The number of aromatic nitrogens is 1. The van der Waals surface area contributed by atoms with Gasteiger partial charge in [0.25, 0.3) is 0 Å². The summed E-state index contributed by atoms with van der Waals surface area (Å²) in [5, 5.41) is 2.11. The van der Waals surface area contributed by atoms with Crippen LogP contribution in [0.15, 0.2) is 65.3 Å². The van der Waals surface area contributed by atoms with E-state index in [-0.39, 0.29) is 0 Å². The van der Waals surface area contributed by atoms with Crippen LogP contribution >= 0.6 is 15.9 Å². The highest BCUT2D eigenvalue weighted by molar-refractivity contribution is 9.10. The van der Waals surface area contributed by atoms with Crippen molar-refractivity contribution in [3.8, 4) is 11.6 Å². The molecule has 0 atom stereocenters. The van der Waals surface area contributed by atoms with Crippen LogP contribution in [0, 0.1) is 0 Å². The van der Waals surface area contributed by atoms with E-state index in [1.54, 1.807) is 6.20 Å². The summed E-state index contributed by atoms with van der Waals surface area (Å²) in [7, 11) is 0. The highest BCUT2D eigenvalue weighted by atomic mass is 79.9. The van der Waals surface area contributed by atoms with Crippen molar-refractivity contribution in [2.24, 2.45) is 0 Å². The van der Waals surface area contributed by atoms with Crippen molar-refractivity contribution in [2.45, 2.75) is 0 Å².